The van der Waals surface area contributed by atoms with Crippen LogP contribution in [0.1, 0.15) is 17.9 Å². The van der Waals surface area contributed by atoms with Gasteiger partial charge in [0, 0.05) is 12.5 Å². The Kier molecular flexibility index (Phi) is 6.43. The van der Waals surface area contributed by atoms with Gasteiger partial charge in [0.25, 0.3) is 5.92 Å². The van der Waals surface area contributed by atoms with E-state index in [2.05, 4.69) is 12.6 Å². The highest BCUT2D eigenvalue weighted by molar-refractivity contribution is 7.79. The first-order chi connectivity index (χ1) is 14.2. The van der Waals surface area contributed by atoms with E-state index >= 15 is 0 Å². The lowest BCUT2D eigenvalue weighted by molar-refractivity contribution is -0.133. The maximum atomic E-state index is 14.2. The minimum atomic E-state index is -3.14. The van der Waals surface area contributed by atoms with Crippen molar-refractivity contribution in [2.45, 2.75) is 24.3 Å². The fourth-order valence-electron chi connectivity index (χ4n) is 3.84. The predicted octanol–water partition coefficient (Wildman–Crippen LogP) is 4.23. The van der Waals surface area contributed by atoms with Gasteiger partial charge in [0.2, 0.25) is 5.91 Å². The number of hydrogen-bond acceptors (Lipinski definition) is 3. The Labute approximate surface area is 176 Å². The summed E-state index contributed by atoms with van der Waals surface area (Å²) in [5.41, 5.74) is 5.46. The van der Waals surface area contributed by atoms with E-state index in [0.717, 1.165) is 29.2 Å². The van der Waals surface area contributed by atoms with Gasteiger partial charge in [-0.1, -0.05) is 12.1 Å². The Bertz CT molecular complexity index is 935. The molecule has 4 rings (SSSR count). The molecule has 2 fully saturated rings. The molecule has 3 nitrogen and oxygen atoms in total. The number of alkyl halides is 2. The molecule has 1 aliphatic carbocycles. The Balaban J connectivity index is 0.00000124. The molecule has 1 aliphatic heterocycles. The Hall–Kier alpha value is -2.13. The van der Waals surface area contributed by atoms with Crippen molar-refractivity contribution in [2.75, 3.05) is 19.3 Å². The summed E-state index contributed by atoms with van der Waals surface area (Å²) in [6.45, 7) is -0.984. The van der Waals surface area contributed by atoms with Crippen LogP contribution < -0.4 is 5.73 Å². The van der Waals surface area contributed by atoms with Crippen molar-refractivity contribution >= 4 is 18.5 Å². The van der Waals surface area contributed by atoms with Crippen molar-refractivity contribution < 1.29 is 26.7 Å². The summed E-state index contributed by atoms with van der Waals surface area (Å²) < 4.78 is 69.5. The molecule has 30 heavy (non-hydrogen) atoms. The van der Waals surface area contributed by atoms with Gasteiger partial charge in [-0.15, -0.1) is 0 Å². The summed E-state index contributed by atoms with van der Waals surface area (Å²) in [6, 6.07) is 5.48. The zero-order valence-corrected chi connectivity index (χ0v) is 17.0. The van der Waals surface area contributed by atoms with Gasteiger partial charge >= 0.3 is 0 Å². The summed E-state index contributed by atoms with van der Waals surface area (Å²) in [7, 11) is 0. The highest BCUT2D eigenvalue weighted by Gasteiger charge is 2.53. The van der Waals surface area contributed by atoms with Crippen molar-refractivity contribution in [3.05, 3.63) is 59.4 Å². The zero-order valence-electron chi connectivity index (χ0n) is 16.1. The SMILES string of the molecule is CS.NC1CN(C(=O)C2CC2c2ccc(F)cc2-c2c(F)cccc2F)CC1(F)F. The molecule has 1 saturated carbocycles. The van der Waals surface area contributed by atoms with Crippen LogP contribution in [0.2, 0.25) is 0 Å². The van der Waals surface area contributed by atoms with E-state index in [1.165, 1.54) is 12.1 Å². The first-order valence-electron chi connectivity index (χ1n) is 9.30. The van der Waals surface area contributed by atoms with Gasteiger partial charge in [-0.05, 0) is 54.0 Å². The molecule has 1 saturated heterocycles. The van der Waals surface area contributed by atoms with Crippen molar-refractivity contribution in [1.29, 1.82) is 0 Å². The third-order valence-corrected chi connectivity index (χ3v) is 5.43. The Morgan fingerprint density at radius 1 is 1.13 bits per heavy atom. The number of hydrogen-bond donors (Lipinski definition) is 2. The summed E-state index contributed by atoms with van der Waals surface area (Å²) >= 11 is 3.53. The van der Waals surface area contributed by atoms with E-state index in [-0.39, 0.29) is 17.7 Å². The topological polar surface area (TPSA) is 46.3 Å². The van der Waals surface area contributed by atoms with Gasteiger partial charge < -0.3 is 10.6 Å². The number of halogens is 5. The van der Waals surface area contributed by atoms with Crippen LogP contribution in [0.3, 0.4) is 0 Å². The lowest BCUT2D eigenvalue weighted by atomic mass is 9.94. The maximum Gasteiger partial charge on any atom is 0.281 e. The van der Waals surface area contributed by atoms with Crippen LogP contribution in [-0.2, 0) is 4.79 Å². The largest absolute Gasteiger partial charge is 0.335 e. The van der Waals surface area contributed by atoms with Crippen LogP contribution in [-0.4, -0.2) is 42.1 Å². The number of carbonyl (C=O) groups excluding carboxylic acids is 1. The van der Waals surface area contributed by atoms with Crippen molar-refractivity contribution in [3.63, 3.8) is 0 Å². The number of thiol groups is 1. The second-order valence-corrected chi connectivity index (χ2v) is 7.36. The number of benzene rings is 2. The van der Waals surface area contributed by atoms with E-state index in [1.54, 1.807) is 6.26 Å². The molecule has 2 aromatic rings. The molecular formula is C21H21F5N2OS. The first kappa shape index (κ1) is 22.6. The van der Waals surface area contributed by atoms with E-state index in [9.17, 15) is 26.7 Å². The molecule has 2 aromatic carbocycles. The molecule has 0 radical (unpaired) electrons. The first-order valence-corrected chi connectivity index (χ1v) is 10.2. The number of nitrogens with zero attached hydrogens (tertiary/aromatic N) is 1. The van der Waals surface area contributed by atoms with Crippen LogP contribution >= 0.6 is 12.6 Å². The van der Waals surface area contributed by atoms with Gasteiger partial charge in [0.15, 0.2) is 0 Å². The molecule has 0 bridgehead atoms. The maximum absolute atomic E-state index is 14.2. The van der Waals surface area contributed by atoms with E-state index < -0.39 is 53.7 Å². The smallest absolute Gasteiger partial charge is 0.281 e. The van der Waals surface area contributed by atoms with Crippen molar-refractivity contribution in [1.82, 2.24) is 4.90 Å². The predicted molar refractivity (Wildman–Crippen MR) is 107 cm³/mol. The third kappa shape index (κ3) is 4.18. The quantitative estimate of drug-likeness (QED) is 0.550. The molecule has 2 aliphatic rings. The second-order valence-electron chi connectivity index (χ2n) is 7.36. The third-order valence-electron chi connectivity index (χ3n) is 5.43. The number of nitrogens with two attached hydrogens (primary N) is 1. The van der Waals surface area contributed by atoms with E-state index in [1.807, 2.05) is 0 Å². The summed E-state index contributed by atoms with van der Waals surface area (Å²) in [5, 5.41) is 0. The minimum Gasteiger partial charge on any atom is -0.335 e. The average molecular weight is 444 g/mol. The number of amides is 1. The van der Waals surface area contributed by atoms with Crippen molar-refractivity contribution in [3.8, 4) is 11.1 Å². The normalized spacial score (nSPS) is 24.3. The number of rotatable bonds is 3. The molecule has 3 unspecified atom stereocenters. The highest BCUT2D eigenvalue weighted by atomic mass is 32.1. The molecular weight excluding hydrogens is 423 g/mol. The Morgan fingerprint density at radius 3 is 2.33 bits per heavy atom. The van der Waals surface area contributed by atoms with Crippen LogP contribution in [0.5, 0.6) is 0 Å². The summed E-state index contributed by atoms with van der Waals surface area (Å²) in [6.07, 6.45) is 2.03. The molecule has 9 heteroatoms. The monoisotopic (exact) mass is 444 g/mol. The molecule has 3 atom stereocenters. The van der Waals surface area contributed by atoms with Gasteiger partial charge in [-0.3, -0.25) is 4.79 Å². The Morgan fingerprint density at radius 2 is 1.77 bits per heavy atom. The van der Waals surface area contributed by atoms with Gasteiger partial charge in [-0.2, -0.15) is 12.6 Å². The van der Waals surface area contributed by atoms with Gasteiger partial charge in [0.05, 0.1) is 18.2 Å². The van der Waals surface area contributed by atoms with Crippen LogP contribution in [0, 0.1) is 23.4 Å². The highest BCUT2D eigenvalue weighted by Crippen LogP contribution is 2.52. The van der Waals surface area contributed by atoms with Crippen LogP contribution in [0.15, 0.2) is 36.4 Å². The molecule has 2 N–H and O–H groups in total. The van der Waals surface area contributed by atoms with Crippen molar-refractivity contribution in [2.24, 2.45) is 11.7 Å². The summed E-state index contributed by atoms with van der Waals surface area (Å²) in [5.74, 6) is -7.00. The van der Waals surface area contributed by atoms with Gasteiger partial charge in [-0.25, -0.2) is 22.0 Å². The fraction of sp³-hybridized carbons (Fsp3) is 0.381. The van der Waals surface area contributed by atoms with E-state index in [4.69, 9.17) is 5.73 Å². The van der Waals surface area contributed by atoms with Crippen LogP contribution in [0.4, 0.5) is 22.0 Å². The minimum absolute atomic E-state index is 0.0272. The second kappa shape index (κ2) is 8.55. The summed E-state index contributed by atoms with van der Waals surface area (Å²) in [4.78, 5) is 13.6. The molecule has 1 amide bonds. The number of carbonyl (C=O) groups is 1. The number of likely N-dealkylation sites (tertiary alicyclic amines) is 1. The van der Waals surface area contributed by atoms with E-state index in [0.29, 0.717) is 12.0 Å². The average Bonchev–Trinajstić information content (AvgIpc) is 3.43. The lowest BCUT2D eigenvalue weighted by Crippen LogP contribution is -2.38. The standard InChI is InChI=1S/C20H17F5N2O.CH4S/c21-10-4-5-11(13(6-10)18-15(22)2-1-3-16(18)23)12-7-14(12)19(28)27-8-17(26)20(24,25)9-27;1-2/h1-6,12,14,17H,7-9,26H2;2H,1H3. The molecule has 162 valence electrons. The fourth-order valence-corrected chi connectivity index (χ4v) is 3.84. The van der Waals surface area contributed by atoms with Gasteiger partial charge in [0.1, 0.15) is 17.5 Å². The molecule has 0 aromatic heterocycles. The lowest BCUT2D eigenvalue weighted by Gasteiger charge is -2.16. The van der Waals surface area contributed by atoms with Crippen LogP contribution in [0.25, 0.3) is 11.1 Å². The zero-order chi connectivity index (χ0) is 22.2. The molecule has 0 spiro atoms. The molecule has 1 heterocycles.